The summed E-state index contributed by atoms with van der Waals surface area (Å²) < 4.78 is 16.1. The first-order chi connectivity index (χ1) is 13.2. The average Bonchev–Trinajstić information content (AvgIpc) is 3.36. The number of rotatable bonds is 7. The van der Waals surface area contributed by atoms with Crippen molar-refractivity contribution in [3.05, 3.63) is 47.9 Å². The molecule has 0 radical (unpaired) electrons. The number of methoxy groups -OCH3 is 2. The van der Waals surface area contributed by atoms with Gasteiger partial charge >= 0.3 is 0 Å². The van der Waals surface area contributed by atoms with Gasteiger partial charge in [-0.2, -0.15) is 0 Å². The van der Waals surface area contributed by atoms with Gasteiger partial charge < -0.3 is 24.5 Å². The number of likely N-dealkylation sites (tertiary alicyclic amines) is 1. The average molecular weight is 500 g/mol. The molecule has 1 aliphatic heterocycles. The lowest BCUT2D eigenvalue weighted by Gasteiger charge is -2.19. The minimum Gasteiger partial charge on any atom is -0.497 e. The lowest BCUT2D eigenvalue weighted by atomic mass is 10.2. The molecule has 0 saturated carbocycles. The Labute approximate surface area is 183 Å². The molecule has 0 aliphatic carbocycles. The van der Waals surface area contributed by atoms with E-state index in [1.54, 1.807) is 27.5 Å². The molecule has 1 unspecified atom stereocenters. The molecule has 0 spiro atoms. The fraction of sp³-hybridized carbons (Fsp3) is 0.450. The van der Waals surface area contributed by atoms with Crippen molar-refractivity contribution in [3.8, 4) is 11.5 Å². The highest BCUT2D eigenvalue weighted by Gasteiger charge is 2.23. The van der Waals surface area contributed by atoms with E-state index in [4.69, 9.17) is 13.9 Å². The number of halogens is 1. The van der Waals surface area contributed by atoms with Crippen molar-refractivity contribution in [2.24, 2.45) is 4.99 Å². The van der Waals surface area contributed by atoms with Gasteiger partial charge in [-0.3, -0.25) is 9.89 Å². The molecule has 2 N–H and O–H groups in total. The van der Waals surface area contributed by atoms with Gasteiger partial charge in [0.25, 0.3) is 0 Å². The van der Waals surface area contributed by atoms with E-state index in [0.29, 0.717) is 12.6 Å². The fourth-order valence-corrected chi connectivity index (χ4v) is 3.28. The second kappa shape index (κ2) is 11.2. The number of guanidine groups is 1. The lowest BCUT2D eigenvalue weighted by Crippen LogP contribution is -2.44. The smallest absolute Gasteiger partial charge is 0.191 e. The first-order valence-electron chi connectivity index (χ1n) is 9.14. The quantitative estimate of drug-likeness (QED) is 0.346. The van der Waals surface area contributed by atoms with Crippen LogP contribution in [0, 0.1) is 0 Å². The highest BCUT2D eigenvalue weighted by molar-refractivity contribution is 14.0. The number of nitrogens with one attached hydrogen (secondary N) is 2. The first-order valence-corrected chi connectivity index (χ1v) is 9.14. The summed E-state index contributed by atoms with van der Waals surface area (Å²) in [5.41, 5.74) is 1.19. The zero-order chi connectivity index (χ0) is 19.1. The van der Waals surface area contributed by atoms with E-state index < -0.39 is 0 Å². The molecule has 1 aromatic heterocycles. The third-order valence-electron chi connectivity index (χ3n) is 4.66. The van der Waals surface area contributed by atoms with Crippen molar-refractivity contribution in [2.75, 3.05) is 34.4 Å². The molecule has 8 heteroatoms. The molecule has 28 heavy (non-hydrogen) atoms. The Bertz CT molecular complexity index is 730. The van der Waals surface area contributed by atoms with Crippen LogP contribution in [0.15, 0.2) is 46.0 Å². The molecule has 1 aliphatic rings. The molecule has 1 fully saturated rings. The van der Waals surface area contributed by atoms with Crippen molar-refractivity contribution in [1.29, 1.82) is 0 Å². The highest BCUT2D eigenvalue weighted by Crippen LogP contribution is 2.24. The second-order valence-electron chi connectivity index (χ2n) is 6.59. The van der Waals surface area contributed by atoms with Gasteiger partial charge in [0.05, 0.1) is 27.0 Å². The third-order valence-corrected chi connectivity index (χ3v) is 4.66. The summed E-state index contributed by atoms with van der Waals surface area (Å²) in [6, 6.07) is 10.2. The molecule has 154 valence electrons. The number of hydrogen-bond acceptors (Lipinski definition) is 5. The third kappa shape index (κ3) is 6.30. The second-order valence-corrected chi connectivity index (χ2v) is 6.59. The zero-order valence-corrected chi connectivity index (χ0v) is 18.9. The van der Waals surface area contributed by atoms with Crippen LogP contribution in [0.5, 0.6) is 11.5 Å². The number of nitrogens with zero attached hydrogens (tertiary/aromatic N) is 2. The van der Waals surface area contributed by atoms with Gasteiger partial charge in [-0.25, -0.2) is 0 Å². The highest BCUT2D eigenvalue weighted by atomic mass is 127. The molecule has 1 atom stereocenters. The molecular formula is C20H29IN4O3. The van der Waals surface area contributed by atoms with Crippen LogP contribution in [0.2, 0.25) is 0 Å². The number of benzene rings is 1. The van der Waals surface area contributed by atoms with E-state index in [-0.39, 0.29) is 24.0 Å². The molecule has 3 rings (SSSR count). The van der Waals surface area contributed by atoms with Gasteiger partial charge in [-0.05, 0) is 36.2 Å². The topological polar surface area (TPSA) is 71.3 Å². The van der Waals surface area contributed by atoms with Crippen LogP contribution in [-0.4, -0.2) is 51.3 Å². The Morgan fingerprint density at radius 2 is 2.00 bits per heavy atom. The van der Waals surface area contributed by atoms with Gasteiger partial charge in [-0.15, -0.1) is 24.0 Å². The molecule has 2 heterocycles. The van der Waals surface area contributed by atoms with Crippen molar-refractivity contribution >= 4 is 29.9 Å². The predicted octanol–water partition coefficient (Wildman–Crippen LogP) is 2.85. The standard InChI is InChI=1S/C20H28N4O3.HI/c1-21-20(22-12-17-5-4-8-27-17)23-16-6-7-24(14-16)13-15-9-18(25-2)11-19(10-15)26-3;/h4-5,8-11,16H,6-7,12-14H2,1-3H3,(H2,21,22,23);1H. The number of furan rings is 1. The van der Waals surface area contributed by atoms with Crippen LogP contribution in [0.4, 0.5) is 0 Å². The van der Waals surface area contributed by atoms with Crippen LogP contribution >= 0.6 is 24.0 Å². The minimum atomic E-state index is 0. The number of ether oxygens (including phenoxy) is 2. The van der Waals surface area contributed by atoms with Crippen LogP contribution < -0.4 is 20.1 Å². The summed E-state index contributed by atoms with van der Waals surface area (Å²) in [5.74, 6) is 3.32. The van der Waals surface area contributed by atoms with Crippen molar-refractivity contribution in [3.63, 3.8) is 0 Å². The molecule has 0 bridgehead atoms. The maximum Gasteiger partial charge on any atom is 0.191 e. The van der Waals surface area contributed by atoms with Gasteiger partial charge in [0.15, 0.2) is 5.96 Å². The molecular weight excluding hydrogens is 471 g/mol. The summed E-state index contributed by atoms with van der Waals surface area (Å²) in [4.78, 5) is 6.73. The van der Waals surface area contributed by atoms with Gasteiger partial charge in [0.2, 0.25) is 0 Å². The van der Waals surface area contributed by atoms with Crippen LogP contribution in [0.3, 0.4) is 0 Å². The monoisotopic (exact) mass is 500 g/mol. The molecule has 1 aromatic carbocycles. The van der Waals surface area contributed by atoms with Crippen LogP contribution in [-0.2, 0) is 13.1 Å². The summed E-state index contributed by atoms with van der Waals surface area (Å²) in [5, 5.41) is 6.78. The van der Waals surface area contributed by atoms with Gasteiger partial charge in [-0.1, -0.05) is 0 Å². The van der Waals surface area contributed by atoms with E-state index in [1.165, 1.54) is 5.56 Å². The van der Waals surface area contributed by atoms with Crippen LogP contribution in [0.25, 0.3) is 0 Å². The van der Waals surface area contributed by atoms with E-state index in [1.807, 2.05) is 18.2 Å². The van der Waals surface area contributed by atoms with Crippen molar-refractivity contribution < 1.29 is 13.9 Å². The summed E-state index contributed by atoms with van der Waals surface area (Å²) >= 11 is 0. The van der Waals surface area contributed by atoms with Gasteiger partial charge in [0.1, 0.15) is 17.3 Å². The van der Waals surface area contributed by atoms with E-state index in [0.717, 1.165) is 49.3 Å². The van der Waals surface area contributed by atoms with Gasteiger partial charge in [0, 0.05) is 38.8 Å². The first kappa shape index (κ1) is 22.4. The molecule has 2 aromatic rings. The largest absolute Gasteiger partial charge is 0.497 e. The Kier molecular flexibility index (Phi) is 8.91. The Morgan fingerprint density at radius 1 is 1.25 bits per heavy atom. The zero-order valence-electron chi connectivity index (χ0n) is 16.6. The number of aliphatic imine (C=N–C) groups is 1. The van der Waals surface area contributed by atoms with E-state index >= 15 is 0 Å². The summed E-state index contributed by atoms with van der Waals surface area (Å²) in [6.07, 6.45) is 2.75. The SMILES string of the molecule is CN=C(NCc1ccco1)NC1CCN(Cc2cc(OC)cc(OC)c2)C1.I. The van der Waals surface area contributed by atoms with E-state index in [2.05, 4.69) is 32.7 Å². The maximum atomic E-state index is 5.37. The lowest BCUT2D eigenvalue weighted by molar-refractivity contribution is 0.321. The summed E-state index contributed by atoms with van der Waals surface area (Å²) in [6.45, 7) is 3.48. The van der Waals surface area contributed by atoms with E-state index in [9.17, 15) is 0 Å². The normalized spacial score (nSPS) is 17.1. The fourth-order valence-electron chi connectivity index (χ4n) is 3.28. The Hall–Kier alpha value is -1.94. The van der Waals surface area contributed by atoms with Crippen molar-refractivity contribution in [1.82, 2.24) is 15.5 Å². The Morgan fingerprint density at radius 3 is 2.61 bits per heavy atom. The van der Waals surface area contributed by atoms with Crippen LogP contribution in [0.1, 0.15) is 17.7 Å². The summed E-state index contributed by atoms with van der Waals surface area (Å²) in [7, 11) is 5.14. The predicted molar refractivity (Wildman–Crippen MR) is 121 cm³/mol. The molecule has 7 nitrogen and oxygen atoms in total. The van der Waals surface area contributed by atoms with Crippen molar-refractivity contribution in [2.45, 2.75) is 25.6 Å². The Balaban J connectivity index is 0.00000280. The molecule has 0 amide bonds. The maximum absolute atomic E-state index is 5.37. The minimum absolute atomic E-state index is 0. The number of hydrogen-bond donors (Lipinski definition) is 2. The molecule has 1 saturated heterocycles.